The largest absolute Gasteiger partial charge is 0.397 e. The first-order valence-electron chi connectivity index (χ1n) is 6.21. The van der Waals surface area contributed by atoms with Crippen molar-refractivity contribution in [2.24, 2.45) is 5.84 Å². The average molecular weight is 284 g/mol. The molecule has 0 aromatic heterocycles. The molecule has 0 saturated carbocycles. The van der Waals surface area contributed by atoms with Crippen LogP contribution in [-0.2, 0) is 4.84 Å². The van der Waals surface area contributed by atoms with Gasteiger partial charge in [-0.2, -0.15) is 0 Å². The average Bonchev–Trinajstić information content (AvgIpc) is 2.48. The van der Waals surface area contributed by atoms with Gasteiger partial charge in [-0.1, -0.05) is 18.7 Å². The van der Waals surface area contributed by atoms with Crippen LogP contribution in [0.25, 0.3) is 0 Å². The number of para-hydroxylation sites is 2. The fourth-order valence-electron chi connectivity index (χ4n) is 1.70. The van der Waals surface area contributed by atoms with E-state index < -0.39 is 5.97 Å². The van der Waals surface area contributed by atoms with E-state index in [0.29, 0.717) is 16.9 Å². The lowest BCUT2D eigenvalue weighted by atomic mass is 10.2. The summed E-state index contributed by atoms with van der Waals surface area (Å²) < 4.78 is 0. The highest BCUT2D eigenvalue weighted by molar-refractivity contribution is 5.90. The second kappa shape index (κ2) is 6.44. The van der Waals surface area contributed by atoms with Gasteiger partial charge in [0.05, 0.1) is 11.3 Å². The standard InChI is InChI=1S/C15H16N4O2/c1-2-18-12-9-7-11(8-10-12)15(20)21-19(17)14-6-4-3-5-13(14)16/h2-10,18H,1,16-17H2. The third-order valence-corrected chi connectivity index (χ3v) is 2.74. The molecule has 0 aliphatic carbocycles. The number of carbonyl (C=O) groups excluding carboxylic acids is 1. The second-order valence-corrected chi connectivity index (χ2v) is 4.19. The van der Waals surface area contributed by atoms with Crippen LogP contribution in [0.4, 0.5) is 17.1 Å². The van der Waals surface area contributed by atoms with Crippen LogP contribution in [0.15, 0.2) is 61.3 Å². The Morgan fingerprint density at radius 3 is 2.48 bits per heavy atom. The fourth-order valence-corrected chi connectivity index (χ4v) is 1.70. The Morgan fingerprint density at radius 2 is 1.86 bits per heavy atom. The molecule has 2 aromatic rings. The zero-order chi connectivity index (χ0) is 15.2. The van der Waals surface area contributed by atoms with Gasteiger partial charge in [0, 0.05) is 5.69 Å². The first-order chi connectivity index (χ1) is 10.1. The number of benzene rings is 2. The zero-order valence-electron chi connectivity index (χ0n) is 11.3. The summed E-state index contributed by atoms with van der Waals surface area (Å²) in [6, 6.07) is 13.5. The summed E-state index contributed by atoms with van der Waals surface area (Å²) in [5.74, 6) is 5.12. The predicted octanol–water partition coefficient (Wildman–Crippen LogP) is 2.28. The highest BCUT2D eigenvalue weighted by Gasteiger charge is 2.13. The number of carbonyl (C=O) groups is 1. The van der Waals surface area contributed by atoms with Crippen LogP contribution in [0.5, 0.6) is 0 Å². The molecule has 21 heavy (non-hydrogen) atoms. The quantitative estimate of drug-likeness (QED) is 0.443. The van der Waals surface area contributed by atoms with Crippen molar-refractivity contribution in [2.45, 2.75) is 0 Å². The first kappa shape index (κ1) is 14.4. The molecule has 108 valence electrons. The molecular formula is C15H16N4O2. The minimum Gasteiger partial charge on any atom is -0.397 e. The highest BCUT2D eigenvalue weighted by Crippen LogP contribution is 2.20. The predicted molar refractivity (Wildman–Crippen MR) is 83.2 cm³/mol. The molecule has 0 bridgehead atoms. The maximum Gasteiger partial charge on any atom is 0.365 e. The van der Waals surface area contributed by atoms with Gasteiger partial charge in [0.1, 0.15) is 5.69 Å². The molecule has 6 heteroatoms. The number of anilines is 3. The van der Waals surface area contributed by atoms with Gasteiger partial charge in [0.25, 0.3) is 0 Å². The molecule has 0 amide bonds. The SMILES string of the molecule is C=CNc1ccc(C(=O)ON(N)c2ccccc2N)cc1. The lowest BCUT2D eigenvalue weighted by Crippen LogP contribution is -2.34. The van der Waals surface area contributed by atoms with Crippen LogP contribution >= 0.6 is 0 Å². The van der Waals surface area contributed by atoms with E-state index in [2.05, 4.69) is 11.9 Å². The van der Waals surface area contributed by atoms with E-state index in [-0.39, 0.29) is 0 Å². The van der Waals surface area contributed by atoms with Crippen molar-refractivity contribution in [1.82, 2.24) is 0 Å². The number of nitrogen functional groups attached to an aromatic ring is 1. The van der Waals surface area contributed by atoms with Crippen molar-refractivity contribution in [2.75, 3.05) is 16.2 Å². The summed E-state index contributed by atoms with van der Waals surface area (Å²) in [6.07, 6.45) is 1.55. The summed E-state index contributed by atoms with van der Waals surface area (Å²) >= 11 is 0. The summed E-state index contributed by atoms with van der Waals surface area (Å²) in [5, 5.41) is 3.76. The molecule has 0 saturated heterocycles. The smallest absolute Gasteiger partial charge is 0.365 e. The third-order valence-electron chi connectivity index (χ3n) is 2.74. The molecule has 2 aromatic carbocycles. The Kier molecular flexibility index (Phi) is 4.43. The Balaban J connectivity index is 2.07. The van der Waals surface area contributed by atoms with Gasteiger partial charge in [0.2, 0.25) is 0 Å². The van der Waals surface area contributed by atoms with Gasteiger partial charge in [-0.25, -0.2) is 10.6 Å². The minimum atomic E-state index is -0.578. The molecule has 0 aliphatic heterocycles. The summed E-state index contributed by atoms with van der Waals surface area (Å²) in [4.78, 5) is 17.0. The summed E-state index contributed by atoms with van der Waals surface area (Å²) in [7, 11) is 0. The van der Waals surface area contributed by atoms with Crippen LogP contribution < -0.4 is 22.1 Å². The van der Waals surface area contributed by atoms with E-state index in [1.807, 2.05) is 0 Å². The number of hydrogen-bond donors (Lipinski definition) is 3. The van der Waals surface area contributed by atoms with Gasteiger partial charge < -0.3 is 15.9 Å². The van der Waals surface area contributed by atoms with E-state index in [0.717, 1.165) is 10.9 Å². The molecular weight excluding hydrogens is 268 g/mol. The van der Waals surface area contributed by atoms with E-state index in [1.165, 1.54) is 0 Å². The molecule has 6 nitrogen and oxygen atoms in total. The summed E-state index contributed by atoms with van der Waals surface area (Å²) in [6.45, 7) is 3.56. The summed E-state index contributed by atoms with van der Waals surface area (Å²) in [5.41, 5.74) is 7.77. The van der Waals surface area contributed by atoms with Crippen LogP contribution in [-0.4, -0.2) is 5.97 Å². The number of nitrogens with zero attached hydrogens (tertiary/aromatic N) is 1. The van der Waals surface area contributed by atoms with Crippen molar-refractivity contribution in [3.8, 4) is 0 Å². The molecule has 0 radical (unpaired) electrons. The van der Waals surface area contributed by atoms with Crippen LogP contribution in [0, 0.1) is 0 Å². The maximum atomic E-state index is 12.0. The molecule has 0 unspecified atom stereocenters. The highest BCUT2D eigenvalue weighted by atomic mass is 16.7. The van der Waals surface area contributed by atoms with Gasteiger partial charge >= 0.3 is 5.97 Å². The van der Waals surface area contributed by atoms with Crippen molar-refractivity contribution in [3.63, 3.8) is 0 Å². The molecule has 0 spiro atoms. The first-order valence-corrected chi connectivity index (χ1v) is 6.21. The Hall–Kier alpha value is -2.99. The topological polar surface area (TPSA) is 93.6 Å². The fraction of sp³-hybridized carbons (Fsp3) is 0. The number of rotatable bonds is 5. The number of nitrogens with one attached hydrogen (secondary N) is 1. The van der Waals surface area contributed by atoms with Gasteiger partial charge in [-0.15, -0.1) is 5.17 Å². The zero-order valence-corrected chi connectivity index (χ0v) is 11.3. The molecule has 5 N–H and O–H groups in total. The number of nitrogens with two attached hydrogens (primary N) is 2. The van der Waals surface area contributed by atoms with Gasteiger partial charge in [-0.3, -0.25) is 0 Å². The normalized spacial score (nSPS) is 9.76. The lowest BCUT2D eigenvalue weighted by molar-refractivity contribution is 0.0451. The Bertz CT molecular complexity index is 640. The van der Waals surface area contributed by atoms with E-state index in [4.69, 9.17) is 16.4 Å². The second-order valence-electron chi connectivity index (χ2n) is 4.19. The van der Waals surface area contributed by atoms with E-state index in [9.17, 15) is 4.79 Å². The van der Waals surface area contributed by atoms with Gasteiger partial charge in [-0.05, 0) is 42.6 Å². The van der Waals surface area contributed by atoms with Crippen LogP contribution in [0.2, 0.25) is 0 Å². The third kappa shape index (κ3) is 3.52. The Morgan fingerprint density at radius 1 is 1.19 bits per heavy atom. The Labute approximate surface area is 122 Å². The van der Waals surface area contributed by atoms with Crippen LogP contribution in [0.3, 0.4) is 0 Å². The van der Waals surface area contributed by atoms with Crippen molar-refractivity contribution in [1.29, 1.82) is 0 Å². The molecule has 0 heterocycles. The number of hydrazine groups is 1. The van der Waals surface area contributed by atoms with Gasteiger partial charge in [0.15, 0.2) is 0 Å². The molecule has 0 fully saturated rings. The lowest BCUT2D eigenvalue weighted by Gasteiger charge is -2.18. The molecule has 2 rings (SSSR count). The number of hydrogen-bond acceptors (Lipinski definition) is 6. The minimum absolute atomic E-state index is 0.370. The van der Waals surface area contributed by atoms with Crippen molar-refractivity contribution < 1.29 is 9.63 Å². The van der Waals surface area contributed by atoms with Crippen LogP contribution in [0.1, 0.15) is 10.4 Å². The van der Waals surface area contributed by atoms with Crippen molar-refractivity contribution >= 4 is 23.0 Å². The monoisotopic (exact) mass is 284 g/mol. The van der Waals surface area contributed by atoms with Crippen molar-refractivity contribution in [3.05, 3.63) is 66.9 Å². The maximum absolute atomic E-state index is 12.0. The van der Waals surface area contributed by atoms with E-state index in [1.54, 1.807) is 54.7 Å². The molecule has 0 aliphatic rings. The van der Waals surface area contributed by atoms with E-state index >= 15 is 0 Å². The molecule has 0 atom stereocenters.